The first-order valence-electron chi connectivity index (χ1n) is 8.52. The molecule has 2 N–H and O–H groups in total. The molecule has 0 aliphatic carbocycles. The predicted molar refractivity (Wildman–Crippen MR) is 103 cm³/mol. The van der Waals surface area contributed by atoms with Crippen molar-refractivity contribution < 1.29 is 9.59 Å². The van der Waals surface area contributed by atoms with Crippen LogP contribution in [0, 0.1) is 0 Å². The Morgan fingerprint density at radius 1 is 0.920 bits per heavy atom. The number of nitrogens with one attached hydrogen (secondary N) is 2. The van der Waals surface area contributed by atoms with Gasteiger partial charge in [0.1, 0.15) is 0 Å². The van der Waals surface area contributed by atoms with E-state index >= 15 is 0 Å². The highest BCUT2D eigenvalue weighted by Crippen LogP contribution is 2.13. The van der Waals surface area contributed by atoms with E-state index in [2.05, 4.69) is 29.7 Å². The SMILES string of the molecule is CCCCc1ccc(NC(=O)/C=C/c2ccc(NC(C)=O)cc2)cc1. The highest BCUT2D eigenvalue weighted by atomic mass is 16.2. The van der Waals surface area contributed by atoms with Gasteiger partial charge in [0.15, 0.2) is 0 Å². The van der Waals surface area contributed by atoms with Crippen LogP contribution in [0.5, 0.6) is 0 Å². The van der Waals surface area contributed by atoms with Gasteiger partial charge in [-0.25, -0.2) is 0 Å². The fourth-order valence-electron chi connectivity index (χ4n) is 2.37. The Bertz CT molecular complexity index is 731. The van der Waals surface area contributed by atoms with E-state index in [4.69, 9.17) is 0 Å². The first-order valence-corrected chi connectivity index (χ1v) is 8.52. The highest BCUT2D eigenvalue weighted by Gasteiger charge is 1.99. The van der Waals surface area contributed by atoms with E-state index < -0.39 is 0 Å². The number of hydrogen-bond acceptors (Lipinski definition) is 2. The lowest BCUT2D eigenvalue weighted by atomic mass is 10.1. The minimum atomic E-state index is -0.174. The Morgan fingerprint density at radius 3 is 2.12 bits per heavy atom. The molecular weight excluding hydrogens is 312 g/mol. The molecule has 0 aromatic heterocycles. The van der Waals surface area contributed by atoms with Gasteiger partial charge in [-0.05, 0) is 54.3 Å². The molecule has 0 fully saturated rings. The van der Waals surface area contributed by atoms with Crippen LogP contribution in [0.15, 0.2) is 54.6 Å². The zero-order valence-corrected chi connectivity index (χ0v) is 14.7. The summed E-state index contributed by atoms with van der Waals surface area (Å²) in [5, 5.41) is 5.55. The van der Waals surface area contributed by atoms with Crippen LogP contribution in [0.25, 0.3) is 6.08 Å². The molecule has 0 aliphatic heterocycles. The molecule has 2 amide bonds. The number of aryl methyl sites for hydroxylation is 1. The van der Waals surface area contributed by atoms with Crippen molar-refractivity contribution in [2.24, 2.45) is 0 Å². The molecule has 0 bridgehead atoms. The van der Waals surface area contributed by atoms with Crippen molar-refractivity contribution in [3.8, 4) is 0 Å². The van der Waals surface area contributed by atoms with E-state index in [1.807, 2.05) is 24.3 Å². The van der Waals surface area contributed by atoms with Gasteiger partial charge in [0.05, 0.1) is 0 Å². The summed E-state index contributed by atoms with van der Waals surface area (Å²) < 4.78 is 0. The van der Waals surface area contributed by atoms with Crippen LogP contribution in [-0.4, -0.2) is 11.8 Å². The van der Waals surface area contributed by atoms with E-state index in [-0.39, 0.29) is 11.8 Å². The van der Waals surface area contributed by atoms with Gasteiger partial charge in [0, 0.05) is 24.4 Å². The maximum Gasteiger partial charge on any atom is 0.248 e. The Labute approximate surface area is 149 Å². The summed E-state index contributed by atoms with van der Waals surface area (Å²) in [4.78, 5) is 23.0. The van der Waals surface area contributed by atoms with E-state index in [9.17, 15) is 9.59 Å². The minimum Gasteiger partial charge on any atom is -0.326 e. The van der Waals surface area contributed by atoms with Crippen LogP contribution in [0.4, 0.5) is 11.4 Å². The van der Waals surface area contributed by atoms with E-state index in [0.717, 1.165) is 23.4 Å². The lowest BCUT2D eigenvalue weighted by Gasteiger charge is -2.04. The molecule has 0 radical (unpaired) electrons. The molecule has 2 aromatic rings. The first-order chi connectivity index (χ1) is 12.1. The largest absolute Gasteiger partial charge is 0.326 e. The van der Waals surface area contributed by atoms with E-state index in [1.54, 1.807) is 18.2 Å². The molecule has 4 heteroatoms. The van der Waals surface area contributed by atoms with Crippen molar-refractivity contribution in [1.82, 2.24) is 0 Å². The molecule has 2 rings (SSSR count). The molecule has 0 saturated heterocycles. The fourth-order valence-corrected chi connectivity index (χ4v) is 2.37. The average molecular weight is 336 g/mol. The van der Waals surface area contributed by atoms with Gasteiger partial charge in [-0.2, -0.15) is 0 Å². The number of unbranched alkanes of at least 4 members (excludes halogenated alkanes) is 1. The second kappa shape index (κ2) is 9.42. The van der Waals surface area contributed by atoms with Crippen molar-refractivity contribution >= 4 is 29.3 Å². The smallest absolute Gasteiger partial charge is 0.248 e. The average Bonchev–Trinajstić information content (AvgIpc) is 2.60. The second-order valence-electron chi connectivity index (χ2n) is 5.93. The number of benzene rings is 2. The standard InChI is InChI=1S/C21H24N2O2/c1-3-4-5-17-6-13-20(14-7-17)23-21(25)15-10-18-8-11-19(12-9-18)22-16(2)24/h6-15H,3-5H2,1-2H3,(H,22,24)(H,23,25)/b15-10+. The zero-order valence-electron chi connectivity index (χ0n) is 14.7. The third kappa shape index (κ3) is 6.63. The molecular formula is C21H24N2O2. The molecule has 0 saturated carbocycles. The third-order valence-electron chi connectivity index (χ3n) is 3.70. The molecule has 25 heavy (non-hydrogen) atoms. The number of amides is 2. The summed E-state index contributed by atoms with van der Waals surface area (Å²) in [6, 6.07) is 15.3. The number of carbonyl (C=O) groups excluding carboxylic acids is 2. The normalized spacial score (nSPS) is 10.6. The topological polar surface area (TPSA) is 58.2 Å². The molecule has 130 valence electrons. The Balaban J connectivity index is 1.88. The van der Waals surface area contributed by atoms with Gasteiger partial charge in [0.2, 0.25) is 11.8 Å². The first kappa shape index (κ1) is 18.5. The lowest BCUT2D eigenvalue weighted by molar-refractivity contribution is -0.114. The van der Waals surface area contributed by atoms with Crippen molar-refractivity contribution in [3.05, 3.63) is 65.7 Å². The van der Waals surface area contributed by atoms with E-state index in [1.165, 1.54) is 31.4 Å². The molecule has 0 atom stereocenters. The van der Waals surface area contributed by atoms with Crippen molar-refractivity contribution in [1.29, 1.82) is 0 Å². The molecule has 4 nitrogen and oxygen atoms in total. The van der Waals surface area contributed by atoms with E-state index in [0.29, 0.717) is 0 Å². The lowest BCUT2D eigenvalue weighted by Crippen LogP contribution is -2.07. The Morgan fingerprint density at radius 2 is 1.52 bits per heavy atom. The monoisotopic (exact) mass is 336 g/mol. The number of carbonyl (C=O) groups is 2. The van der Waals surface area contributed by atoms with Crippen LogP contribution in [-0.2, 0) is 16.0 Å². The fraction of sp³-hybridized carbons (Fsp3) is 0.238. The number of hydrogen-bond donors (Lipinski definition) is 2. The maximum atomic E-state index is 12.0. The predicted octanol–water partition coefficient (Wildman–Crippen LogP) is 4.64. The van der Waals surface area contributed by atoms with Crippen molar-refractivity contribution in [2.75, 3.05) is 10.6 Å². The quantitative estimate of drug-likeness (QED) is 0.724. The van der Waals surface area contributed by atoms with Gasteiger partial charge in [-0.15, -0.1) is 0 Å². The molecule has 2 aromatic carbocycles. The maximum absolute atomic E-state index is 12.0. The molecule has 0 aliphatic rings. The summed E-state index contributed by atoms with van der Waals surface area (Å²) in [5.41, 5.74) is 3.70. The second-order valence-corrected chi connectivity index (χ2v) is 5.93. The van der Waals surface area contributed by atoms with Crippen molar-refractivity contribution in [2.45, 2.75) is 33.1 Å². The van der Waals surface area contributed by atoms with Crippen LogP contribution < -0.4 is 10.6 Å². The minimum absolute atomic E-state index is 0.108. The zero-order chi connectivity index (χ0) is 18.1. The van der Waals surface area contributed by atoms with Gasteiger partial charge >= 0.3 is 0 Å². The summed E-state index contributed by atoms with van der Waals surface area (Å²) in [5.74, 6) is -0.282. The van der Waals surface area contributed by atoms with Gasteiger partial charge in [-0.1, -0.05) is 37.6 Å². The summed E-state index contributed by atoms with van der Waals surface area (Å²) in [6.45, 7) is 3.64. The third-order valence-corrected chi connectivity index (χ3v) is 3.70. The summed E-state index contributed by atoms with van der Waals surface area (Å²) >= 11 is 0. The molecule has 0 unspecified atom stereocenters. The van der Waals surface area contributed by atoms with Crippen LogP contribution in [0.1, 0.15) is 37.8 Å². The van der Waals surface area contributed by atoms with Gasteiger partial charge in [-0.3, -0.25) is 9.59 Å². The summed E-state index contributed by atoms with van der Waals surface area (Å²) in [7, 11) is 0. The van der Waals surface area contributed by atoms with Crippen LogP contribution in [0.3, 0.4) is 0 Å². The van der Waals surface area contributed by atoms with Crippen LogP contribution >= 0.6 is 0 Å². The Hall–Kier alpha value is -2.88. The number of anilines is 2. The van der Waals surface area contributed by atoms with Crippen LogP contribution in [0.2, 0.25) is 0 Å². The van der Waals surface area contributed by atoms with Gasteiger partial charge < -0.3 is 10.6 Å². The Kier molecular flexibility index (Phi) is 6.96. The molecule has 0 spiro atoms. The molecule has 0 heterocycles. The van der Waals surface area contributed by atoms with Crippen molar-refractivity contribution in [3.63, 3.8) is 0 Å². The number of rotatable bonds is 7. The van der Waals surface area contributed by atoms with Gasteiger partial charge in [0.25, 0.3) is 0 Å². The summed E-state index contributed by atoms with van der Waals surface area (Å²) in [6.07, 6.45) is 6.66. The highest BCUT2D eigenvalue weighted by molar-refractivity contribution is 6.02.